The zero-order valence-electron chi connectivity index (χ0n) is 13.5. The van der Waals surface area contributed by atoms with Gasteiger partial charge in [0.2, 0.25) is 5.91 Å². The molecule has 1 amide bonds. The second kappa shape index (κ2) is 7.75. The summed E-state index contributed by atoms with van der Waals surface area (Å²) < 4.78 is 1.77. The third-order valence-corrected chi connectivity index (χ3v) is 3.98. The van der Waals surface area contributed by atoms with Crippen LogP contribution in [-0.4, -0.2) is 27.1 Å². The number of aliphatic hydroxyl groups excluding tert-OH is 1. The fourth-order valence-corrected chi connectivity index (χ4v) is 2.79. The fraction of sp³-hybridized carbons (Fsp3) is 0.263. The Balaban J connectivity index is 1.55. The molecule has 0 fully saturated rings. The first-order chi connectivity index (χ1) is 11.8. The summed E-state index contributed by atoms with van der Waals surface area (Å²) in [7, 11) is 0. The Bertz CT molecular complexity index is 812. The molecule has 2 N–H and O–H groups in total. The number of nitrogens with zero attached hydrogens (tertiary/aromatic N) is 2. The van der Waals surface area contributed by atoms with E-state index in [2.05, 4.69) is 22.4 Å². The van der Waals surface area contributed by atoms with Crippen molar-refractivity contribution >= 4 is 16.9 Å². The standard InChI is InChI=1S/C19H21N3O2/c23-14-18-21-16-10-4-5-11-17(16)22(18)13-19(24)20-12-6-9-15-7-2-1-3-8-15/h1-5,7-8,10-11,23H,6,9,12-14H2,(H,20,24). The predicted molar refractivity (Wildman–Crippen MR) is 93.4 cm³/mol. The van der Waals surface area contributed by atoms with Crippen molar-refractivity contribution in [1.82, 2.24) is 14.9 Å². The number of rotatable bonds is 7. The number of fused-ring (bicyclic) bond motifs is 1. The van der Waals surface area contributed by atoms with Gasteiger partial charge in [0.15, 0.2) is 0 Å². The molecule has 0 aliphatic rings. The lowest BCUT2D eigenvalue weighted by Gasteiger charge is -2.09. The van der Waals surface area contributed by atoms with Crippen LogP contribution in [0.15, 0.2) is 54.6 Å². The normalized spacial score (nSPS) is 10.9. The molecule has 0 atom stereocenters. The average Bonchev–Trinajstić information content (AvgIpc) is 2.97. The van der Waals surface area contributed by atoms with Gasteiger partial charge in [-0.25, -0.2) is 4.98 Å². The molecule has 2 aromatic carbocycles. The number of carbonyl (C=O) groups is 1. The minimum Gasteiger partial charge on any atom is -0.388 e. The van der Waals surface area contributed by atoms with Crippen molar-refractivity contribution in [3.8, 4) is 0 Å². The molecule has 0 saturated carbocycles. The molecule has 1 aromatic heterocycles. The number of carbonyl (C=O) groups excluding carboxylic acids is 1. The molecular weight excluding hydrogens is 302 g/mol. The molecule has 0 aliphatic carbocycles. The molecule has 5 nitrogen and oxygen atoms in total. The summed E-state index contributed by atoms with van der Waals surface area (Å²) in [6, 6.07) is 17.8. The molecular formula is C19H21N3O2. The highest BCUT2D eigenvalue weighted by Crippen LogP contribution is 2.15. The molecule has 0 saturated heterocycles. The third kappa shape index (κ3) is 3.81. The van der Waals surface area contributed by atoms with Gasteiger partial charge in [0.25, 0.3) is 0 Å². The Kier molecular flexibility index (Phi) is 5.23. The number of aryl methyl sites for hydroxylation is 1. The number of para-hydroxylation sites is 2. The summed E-state index contributed by atoms with van der Waals surface area (Å²) in [5.41, 5.74) is 2.93. The Morgan fingerprint density at radius 3 is 2.62 bits per heavy atom. The van der Waals surface area contributed by atoms with Crippen LogP contribution in [0.1, 0.15) is 17.8 Å². The van der Waals surface area contributed by atoms with Crippen LogP contribution in [0.3, 0.4) is 0 Å². The molecule has 124 valence electrons. The predicted octanol–water partition coefficient (Wildman–Crippen LogP) is 2.28. The van der Waals surface area contributed by atoms with E-state index in [0.717, 1.165) is 23.9 Å². The number of aliphatic hydroxyl groups is 1. The van der Waals surface area contributed by atoms with Crippen molar-refractivity contribution in [3.05, 3.63) is 66.0 Å². The van der Waals surface area contributed by atoms with Gasteiger partial charge >= 0.3 is 0 Å². The van der Waals surface area contributed by atoms with Crippen LogP contribution in [0, 0.1) is 0 Å². The molecule has 0 spiro atoms. The quantitative estimate of drug-likeness (QED) is 0.656. The maximum Gasteiger partial charge on any atom is 0.240 e. The molecule has 0 radical (unpaired) electrons. The van der Waals surface area contributed by atoms with Crippen molar-refractivity contribution in [1.29, 1.82) is 0 Å². The van der Waals surface area contributed by atoms with Gasteiger partial charge in [-0.1, -0.05) is 42.5 Å². The summed E-state index contributed by atoms with van der Waals surface area (Å²) in [4.78, 5) is 16.5. The highest BCUT2D eigenvalue weighted by atomic mass is 16.3. The van der Waals surface area contributed by atoms with E-state index in [4.69, 9.17) is 0 Å². The maximum atomic E-state index is 12.2. The molecule has 0 aliphatic heterocycles. The van der Waals surface area contributed by atoms with E-state index in [-0.39, 0.29) is 19.1 Å². The fourth-order valence-electron chi connectivity index (χ4n) is 2.79. The van der Waals surface area contributed by atoms with Crippen LogP contribution in [0.4, 0.5) is 0 Å². The first-order valence-electron chi connectivity index (χ1n) is 8.13. The average molecular weight is 323 g/mol. The summed E-state index contributed by atoms with van der Waals surface area (Å²) in [5.74, 6) is 0.441. The molecule has 1 heterocycles. The minimum atomic E-state index is -0.185. The number of aromatic nitrogens is 2. The smallest absolute Gasteiger partial charge is 0.240 e. The van der Waals surface area contributed by atoms with Crippen LogP contribution < -0.4 is 5.32 Å². The van der Waals surface area contributed by atoms with Crippen molar-refractivity contribution in [2.24, 2.45) is 0 Å². The number of amides is 1. The number of benzene rings is 2. The monoisotopic (exact) mass is 323 g/mol. The van der Waals surface area contributed by atoms with Gasteiger partial charge in [-0.2, -0.15) is 0 Å². The van der Waals surface area contributed by atoms with Gasteiger partial charge in [-0.05, 0) is 30.5 Å². The van der Waals surface area contributed by atoms with Crippen LogP contribution in [0.2, 0.25) is 0 Å². The topological polar surface area (TPSA) is 67.2 Å². The lowest BCUT2D eigenvalue weighted by atomic mass is 10.1. The lowest BCUT2D eigenvalue weighted by Crippen LogP contribution is -2.29. The number of imidazole rings is 1. The molecule has 0 unspecified atom stereocenters. The van der Waals surface area contributed by atoms with Crippen LogP contribution in [0.5, 0.6) is 0 Å². The van der Waals surface area contributed by atoms with E-state index in [1.165, 1.54) is 5.56 Å². The highest BCUT2D eigenvalue weighted by Gasteiger charge is 2.12. The van der Waals surface area contributed by atoms with Crippen LogP contribution in [-0.2, 0) is 24.4 Å². The minimum absolute atomic E-state index is 0.0686. The molecule has 24 heavy (non-hydrogen) atoms. The van der Waals surface area contributed by atoms with E-state index in [1.54, 1.807) is 4.57 Å². The largest absolute Gasteiger partial charge is 0.388 e. The van der Waals surface area contributed by atoms with Crippen molar-refractivity contribution in [3.63, 3.8) is 0 Å². The van der Waals surface area contributed by atoms with Gasteiger partial charge < -0.3 is 15.0 Å². The summed E-state index contributed by atoms with van der Waals surface area (Å²) in [6.07, 6.45) is 1.84. The summed E-state index contributed by atoms with van der Waals surface area (Å²) in [5, 5.41) is 12.4. The van der Waals surface area contributed by atoms with Gasteiger partial charge in [-0.15, -0.1) is 0 Å². The SMILES string of the molecule is O=C(Cn1c(CO)nc2ccccc21)NCCCc1ccccc1. The molecule has 5 heteroatoms. The van der Waals surface area contributed by atoms with Crippen LogP contribution in [0.25, 0.3) is 11.0 Å². The van der Waals surface area contributed by atoms with Gasteiger partial charge in [0.1, 0.15) is 19.0 Å². The first kappa shape index (κ1) is 16.2. The first-order valence-corrected chi connectivity index (χ1v) is 8.13. The van der Waals surface area contributed by atoms with E-state index < -0.39 is 0 Å². The van der Waals surface area contributed by atoms with E-state index in [1.807, 2.05) is 42.5 Å². The second-order valence-corrected chi connectivity index (χ2v) is 5.70. The van der Waals surface area contributed by atoms with Crippen LogP contribution >= 0.6 is 0 Å². The van der Waals surface area contributed by atoms with E-state index in [0.29, 0.717) is 12.4 Å². The Morgan fingerprint density at radius 2 is 1.83 bits per heavy atom. The number of hydrogen-bond donors (Lipinski definition) is 2. The van der Waals surface area contributed by atoms with Crippen molar-refractivity contribution < 1.29 is 9.90 Å². The van der Waals surface area contributed by atoms with E-state index in [9.17, 15) is 9.90 Å². The molecule has 0 bridgehead atoms. The van der Waals surface area contributed by atoms with Gasteiger partial charge in [-0.3, -0.25) is 4.79 Å². The summed E-state index contributed by atoms with van der Waals surface area (Å²) in [6.45, 7) is 0.618. The van der Waals surface area contributed by atoms with E-state index >= 15 is 0 Å². The Labute approximate surface area is 141 Å². The van der Waals surface area contributed by atoms with Gasteiger partial charge in [0.05, 0.1) is 11.0 Å². The zero-order chi connectivity index (χ0) is 16.8. The number of nitrogens with one attached hydrogen (secondary N) is 1. The van der Waals surface area contributed by atoms with Gasteiger partial charge in [0, 0.05) is 6.54 Å². The lowest BCUT2D eigenvalue weighted by molar-refractivity contribution is -0.121. The Morgan fingerprint density at radius 1 is 1.08 bits per heavy atom. The Hall–Kier alpha value is -2.66. The maximum absolute atomic E-state index is 12.2. The highest BCUT2D eigenvalue weighted by molar-refractivity contribution is 5.81. The summed E-state index contributed by atoms with van der Waals surface area (Å²) >= 11 is 0. The molecule has 3 rings (SSSR count). The van der Waals surface area contributed by atoms with Crippen molar-refractivity contribution in [2.45, 2.75) is 26.0 Å². The van der Waals surface area contributed by atoms with Crippen molar-refractivity contribution in [2.75, 3.05) is 6.54 Å². The zero-order valence-corrected chi connectivity index (χ0v) is 13.5. The molecule has 3 aromatic rings. The second-order valence-electron chi connectivity index (χ2n) is 5.70. The number of hydrogen-bond acceptors (Lipinski definition) is 3. The third-order valence-electron chi connectivity index (χ3n) is 3.98.